The molecule has 5 aromatic rings. The summed E-state index contributed by atoms with van der Waals surface area (Å²) in [6, 6.07) is 20.1. The minimum Gasteiger partial charge on any atom is -0.354 e. The molecule has 0 saturated heterocycles. The molecule has 1 N–H and O–H groups in total. The van der Waals surface area contributed by atoms with Crippen LogP contribution in [0, 0.1) is 0 Å². The number of H-pyrrole nitrogens is 1. The normalized spacial score (nSPS) is 14.2. The summed E-state index contributed by atoms with van der Waals surface area (Å²) in [5, 5.41) is 5.76. The van der Waals surface area contributed by atoms with E-state index in [9.17, 15) is 9.59 Å². The predicted molar refractivity (Wildman–Crippen MR) is 107 cm³/mol. The van der Waals surface area contributed by atoms with Gasteiger partial charge in [0.25, 0.3) is 11.8 Å². The van der Waals surface area contributed by atoms with Gasteiger partial charge in [0.1, 0.15) is 0 Å². The number of para-hydroxylation sites is 1. The second-order valence-corrected chi connectivity index (χ2v) is 7.08. The number of imide groups is 1. The maximum Gasteiger partial charge on any atom is 0.262 e. The molecule has 27 heavy (non-hydrogen) atoms. The molecule has 0 atom stereocenters. The molecule has 1 aliphatic rings. The largest absolute Gasteiger partial charge is 0.354 e. The van der Waals surface area contributed by atoms with E-state index < -0.39 is 0 Å². The van der Waals surface area contributed by atoms with Crippen molar-refractivity contribution in [1.82, 2.24) is 9.88 Å². The third kappa shape index (κ3) is 1.67. The molecule has 0 saturated carbocycles. The van der Waals surface area contributed by atoms with Crippen LogP contribution in [0.1, 0.15) is 20.7 Å². The highest BCUT2D eigenvalue weighted by Gasteiger charge is 2.37. The number of carbonyl (C=O) groups is 2. The number of hydrogen-bond donors (Lipinski definition) is 1. The third-order valence-electron chi connectivity index (χ3n) is 5.67. The molecule has 2 amide bonds. The molecule has 2 heterocycles. The van der Waals surface area contributed by atoms with Crippen molar-refractivity contribution in [1.29, 1.82) is 0 Å². The maximum absolute atomic E-state index is 13.0. The van der Waals surface area contributed by atoms with Crippen molar-refractivity contribution in [3.63, 3.8) is 0 Å². The zero-order chi connectivity index (χ0) is 18.3. The van der Waals surface area contributed by atoms with Gasteiger partial charge in [0.05, 0.1) is 16.6 Å². The highest BCUT2D eigenvalue weighted by molar-refractivity contribution is 6.37. The van der Waals surface area contributed by atoms with Gasteiger partial charge in [-0.15, -0.1) is 0 Å². The first kappa shape index (κ1) is 14.5. The van der Waals surface area contributed by atoms with Crippen molar-refractivity contribution in [3.8, 4) is 0 Å². The minimum atomic E-state index is -0.236. The van der Waals surface area contributed by atoms with Gasteiger partial charge < -0.3 is 4.98 Å². The molecule has 0 spiro atoms. The summed E-state index contributed by atoms with van der Waals surface area (Å²) >= 11 is 0. The monoisotopic (exact) mass is 350 g/mol. The Bertz CT molecular complexity index is 1480. The molecule has 0 unspecified atom stereocenters. The van der Waals surface area contributed by atoms with E-state index in [0.29, 0.717) is 11.1 Å². The van der Waals surface area contributed by atoms with E-state index in [1.807, 2.05) is 48.5 Å². The Kier molecular flexibility index (Phi) is 2.54. The smallest absolute Gasteiger partial charge is 0.262 e. The lowest BCUT2D eigenvalue weighted by Gasteiger charge is -2.08. The summed E-state index contributed by atoms with van der Waals surface area (Å²) in [5.74, 6) is -0.470. The molecule has 0 bridgehead atoms. The van der Waals surface area contributed by atoms with Gasteiger partial charge in [0.2, 0.25) is 0 Å². The van der Waals surface area contributed by atoms with Crippen LogP contribution in [0.15, 0.2) is 60.7 Å². The van der Waals surface area contributed by atoms with Gasteiger partial charge >= 0.3 is 0 Å². The van der Waals surface area contributed by atoms with E-state index in [1.54, 1.807) is 7.05 Å². The molecule has 0 aliphatic carbocycles. The number of nitrogens with zero attached hydrogens (tertiary/aromatic N) is 1. The van der Waals surface area contributed by atoms with E-state index in [2.05, 4.69) is 17.1 Å². The lowest BCUT2D eigenvalue weighted by atomic mass is 9.93. The Morgan fingerprint density at radius 2 is 1.37 bits per heavy atom. The van der Waals surface area contributed by atoms with Crippen LogP contribution in [0.2, 0.25) is 0 Å². The number of aromatic nitrogens is 1. The molecule has 4 heteroatoms. The number of rotatable bonds is 0. The zero-order valence-electron chi connectivity index (χ0n) is 14.5. The number of aromatic amines is 1. The van der Waals surface area contributed by atoms with E-state index in [-0.39, 0.29) is 11.8 Å². The van der Waals surface area contributed by atoms with Crippen molar-refractivity contribution in [3.05, 3.63) is 71.8 Å². The second-order valence-electron chi connectivity index (χ2n) is 7.08. The van der Waals surface area contributed by atoms with Crippen LogP contribution in [-0.2, 0) is 0 Å². The van der Waals surface area contributed by atoms with E-state index in [1.165, 1.54) is 4.90 Å². The van der Waals surface area contributed by atoms with Crippen molar-refractivity contribution in [2.24, 2.45) is 0 Å². The quantitative estimate of drug-likeness (QED) is 0.320. The molecular weight excluding hydrogens is 336 g/mol. The molecule has 1 aromatic heterocycles. The summed E-state index contributed by atoms with van der Waals surface area (Å²) in [6.45, 7) is 0. The molecule has 0 fully saturated rings. The fourth-order valence-electron chi connectivity index (χ4n) is 4.38. The Balaban J connectivity index is 1.97. The van der Waals surface area contributed by atoms with E-state index >= 15 is 0 Å². The van der Waals surface area contributed by atoms with Crippen LogP contribution >= 0.6 is 0 Å². The number of carbonyl (C=O) groups excluding carboxylic acids is 2. The van der Waals surface area contributed by atoms with Crippen LogP contribution in [-0.4, -0.2) is 28.7 Å². The van der Waals surface area contributed by atoms with Gasteiger partial charge in [-0.1, -0.05) is 42.5 Å². The zero-order valence-corrected chi connectivity index (χ0v) is 14.5. The fraction of sp³-hybridized carbons (Fsp3) is 0.0435. The number of hydrogen-bond acceptors (Lipinski definition) is 2. The topological polar surface area (TPSA) is 53.2 Å². The van der Waals surface area contributed by atoms with Gasteiger partial charge in [-0.2, -0.15) is 0 Å². The van der Waals surface area contributed by atoms with Crippen LogP contribution in [0.25, 0.3) is 43.4 Å². The van der Waals surface area contributed by atoms with Crippen LogP contribution < -0.4 is 0 Å². The van der Waals surface area contributed by atoms with Crippen LogP contribution in [0.5, 0.6) is 0 Å². The predicted octanol–water partition coefficient (Wildman–Crippen LogP) is 4.85. The summed E-state index contributed by atoms with van der Waals surface area (Å²) in [4.78, 5) is 30.6. The average Bonchev–Trinajstić information content (AvgIpc) is 3.18. The van der Waals surface area contributed by atoms with Crippen molar-refractivity contribution >= 4 is 55.2 Å². The number of benzene rings is 4. The van der Waals surface area contributed by atoms with Gasteiger partial charge in [-0.3, -0.25) is 14.5 Å². The van der Waals surface area contributed by atoms with Gasteiger partial charge in [-0.05, 0) is 34.4 Å². The molecular formula is C23H14N2O2. The molecule has 128 valence electrons. The lowest BCUT2D eigenvalue weighted by Crippen LogP contribution is -2.24. The summed E-state index contributed by atoms with van der Waals surface area (Å²) in [5.41, 5.74) is 2.90. The van der Waals surface area contributed by atoms with Crippen molar-refractivity contribution < 1.29 is 9.59 Å². The van der Waals surface area contributed by atoms with Crippen molar-refractivity contribution in [2.45, 2.75) is 0 Å². The van der Waals surface area contributed by atoms with Gasteiger partial charge in [0, 0.05) is 28.7 Å². The third-order valence-corrected chi connectivity index (χ3v) is 5.67. The summed E-state index contributed by atoms with van der Waals surface area (Å²) < 4.78 is 0. The standard InChI is InChI=1S/C23H14N2O2/c1-25-22(26)19-15-10-12-6-2-3-7-13(12)11-16(15)21-18(20(19)23(25)27)14-8-4-5-9-17(14)24-21/h2-11,24H,1H3. The molecule has 6 rings (SSSR count). The van der Waals surface area contributed by atoms with E-state index in [4.69, 9.17) is 0 Å². The fourth-order valence-corrected chi connectivity index (χ4v) is 4.38. The number of amides is 2. The summed E-state index contributed by atoms with van der Waals surface area (Å²) in [7, 11) is 1.55. The minimum absolute atomic E-state index is 0.234. The van der Waals surface area contributed by atoms with Gasteiger partial charge in [-0.25, -0.2) is 0 Å². The van der Waals surface area contributed by atoms with Crippen molar-refractivity contribution in [2.75, 3.05) is 7.05 Å². The lowest BCUT2D eigenvalue weighted by molar-refractivity contribution is 0.0694. The Morgan fingerprint density at radius 1 is 0.741 bits per heavy atom. The number of nitrogens with one attached hydrogen (secondary N) is 1. The molecule has 1 aliphatic heterocycles. The second kappa shape index (κ2) is 4.74. The Morgan fingerprint density at radius 3 is 2.15 bits per heavy atom. The first-order valence-corrected chi connectivity index (χ1v) is 8.86. The first-order valence-electron chi connectivity index (χ1n) is 8.86. The van der Waals surface area contributed by atoms with Crippen LogP contribution in [0.3, 0.4) is 0 Å². The molecule has 4 nitrogen and oxygen atoms in total. The van der Waals surface area contributed by atoms with Gasteiger partial charge in [0.15, 0.2) is 0 Å². The summed E-state index contributed by atoms with van der Waals surface area (Å²) in [6.07, 6.45) is 0. The van der Waals surface area contributed by atoms with E-state index in [0.717, 1.165) is 43.4 Å². The molecule has 0 radical (unpaired) electrons. The first-order chi connectivity index (χ1) is 13.1. The highest BCUT2D eigenvalue weighted by Crippen LogP contribution is 2.42. The Labute approximate surface area is 154 Å². The number of fused-ring (bicyclic) bond motifs is 9. The maximum atomic E-state index is 13.0. The molecule has 4 aromatic carbocycles. The highest BCUT2D eigenvalue weighted by atomic mass is 16.2. The average molecular weight is 350 g/mol. The van der Waals surface area contributed by atoms with Crippen LogP contribution in [0.4, 0.5) is 0 Å². The SMILES string of the molecule is CN1C(=O)c2c(c3c4ccccc4[nH]c3c3cc4ccccc4cc23)C1=O. The Hall–Kier alpha value is -3.66.